The summed E-state index contributed by atoms with van der Waals surface area (Å²) in [7, 11) is 1.60. The highest BCUT2D eigenvalue weighted by atomic mass is 32.1. The molecule has 2 N–H and O–H groups in total. The van der Waals surface area contributed by atoms with Crippen molar-refractivity contribution in [3.63, 3.8) is 0 Å². The van der Waals surface area contributed by atoms with E-state index in [4.69, 9.17) is 21.7 Å². The molecule has 6 heteroatoms. The zero-order valence-electron chi connectivity index (χ0n) is 12.5. The highest BCUT2D eigenvalue weighted by molar-refractivity contribution is 7.80. The smallest absolute Gasteiger partial charge is 0.338 e. The molecule has 1 heterocycles. The molecule has 1 aliphatic rings. The Morgan fingerprint density at radius 3 is 2.95 bits per heavy atom. The van der Waals surface area contributed by atoms with E-state index in [1.165, 1.54) is 6.08 Å². The third-order valence-corrected chi connectivity index (χ3v) is 3.47. The molecule has 0 aliphatic carbocycles. The third kappa shape index (κ3) is 3.46. The van der Waals surface area contributed by atoms with Crippen molar-refractivity contribution in [1.29, 1.82) is 0 Å². The maximum absolute atomic E-state index is 12.3. The van der Waals surface area contributed by atoms with Crippen LogP contribution in [0, 0.1) is 0 Å². The first-order valence-corrected chi connectivity index (χ1v) is 7.18. The van der Waals surface area contributed by atoms with Crippen LogP contribution in [-0.2, 0) is 9.53 Å². The topological polar surface area (TPSA) is 59.6 Å². The van der Waals surface area contributed by atoms with Crippen LogP contribution in [0.1, 0.15) is 18.5 Å². The van der Waals surface area contributed by atoms with Crippen molar-refractivity contribution < 1.29 is 14.3 Å². The van der Waals surface area contributed by atoms with Gasteiger partial charge in [-0.3, -0.25) is 0 Å². The first-order valence-electron chi connectivity index (χ1n) is 6.77. The van der Waals surface area contributed by atoms with Gasteiger partial charge in [-0.05, 0) is 36.8 Å². The first-order chi connectivity index (χ1) is 10.6. The SMILES string of the molecule is C=CCOC(=O)C1=C(C)NC(=S)NC1c1cccc(OC)c1. The number of hydrogen-bond donors (Lipinski definition) is 2. The molecule has 0 saturated carbocycles. The van der Waals surface area contributed by atoms with Gasteiger partial charge in [-0.25, -0.2) is 4.79 Å². The second kappa shape index (κ2) is 7.09. The van der Waals surface area contributed by atoms with E-state index in [0.717, 1.165) is 5.56 Å². The van der Waals surface area contributed by atoms with E-state index in [9.17, 15) is 4.79 Å². The molecule has 0 bridgehead atoms. The van der Waals surface area contributed by atoms with Crippen molar-refractivity contribution in [2.24, 2.45) is 0 Å². The van der Waals surface area contributed by atoms with E-state index in [-0.39, 0.29) is 12.6 Å². The van der Waals surface area contributed by atoms with Crippen LogP contribution in [0.5, 0.6) is 5.75 Å². The van der Waals surface area contributed by atoms with E-state index in [0.29, 0.717) is 22.1 Å². The molecule has 0 aromatic heterocycles. The molecule has 0 radical (unpaired) electrons. The number of rotatable bonds is 5. The molecular weight excluding hydrogens is 300 g/mol. The molecule has 1 aromatic carbocycles. The molecule has 116 valence electrons. The Morgan fingerprint density at radius 1 is 1.50 bits per heavy atom. The van der Waals surface area contributed by atoms with Gasteiger partial charge >= 0.3 is 5.97 Å². The number of thiocarbonyl (C=S) groups is 1. The lowest BCUT2D eigenvalue weighted by Gasteiger charge is -2.30. The monoisotopic (exact) mass is 318 g/mol. The minimum atomic E-state index is -0.410. The molecule has 5 nitrogen and oxygen atoms in total. The fraction of sp³-hybridized carbons (Fsp3) is 0.250. The third-order valence-electron chi connectivity index (χ3n) is 3.25. The quantitative estimate of drug-likeness (QED) is 0.493. The van der Waals surface area contributed by atoms with Crippen molar-refractivity contribution in [2.75, 3.05) is 13.7 Å². The molecule has 1 aliphatic heterocycles. The Labute approximate surface area is 135 Å². The number of nitrogens with one attached hydrogen (secondary N) is 2. The van der Waals surface area contributed by atoms with E-state index in [2.05, 4.69) is 17.2 Å². The van der Waals surface area contributed by atoms with Crippen LogP contribution in [0.25, 0.3) is 0 Å². The van der Waals surface area contributed by atoms with Crippen LogP contribution < -0.4 is 15.4 Å². The second-order valence-corrected chi connectivity index (χ2v) is 5.14. The summed E-state index contributed by atoms with van der Waals surface area (Å²) < 4.78 is 10.4. The predicted molar refractivity (Wildman–Crippen MR) is 88.5 cm³/mol. The average molecular weight is 318 g/mol. The fourth-order valence-corrected chi connectivity index (χ4v) is 2.52. The zero-order valence-corrected chi connectivity index (χ0v) is 13.3. The maximum Gasteiger partial charge on any atom is 0.338 e. The number of esters is 1. The number of benzene rings is 1. The van der Waals surface area contributed by atoms with Crippen molar-refractivity contribution in [3.05, 3.63) is 53.8 Å². The first kappa shape index (κ1) is 16.0. The van der Waals surface area contributed by atoms with Crippen molar-refractivity contribution in [2.45, 2.75) is 13.0 Å². The van der Waals surface area contributed by atoms with E-state index < -0.39 is 5.97 Å². The van der Waals surface area contributed by atoms with Crippen LogP contribution in [0.2, 0.25) is 0 Å². The van der Waals surface area contributed by atoms with E-state index in [1.54, 1.807) is 14.0 Å². The number of ether oxygens (including phenoxy) is 2. The Morgan fingerprint density at radius 2 is 2.27 bits per heavy atom. The lowest BCUT2D eigenvalue weighted by molar-refractivity contribution is -0.138. The number of carbonyl (C=O) groups excluding carboxylic acids is 1. The molecule has 0 spiro atoms. The minimum Gasteiger partial charge on any atom is -0.497 e. The molecule has 0 saturated heterocycles. The number of methoxy groups -OCH3 is 1. The van der Waals surface area contributed by atoms with Gasteiger partial charge in [-0.1, -0.05) is 24.8 Å². The minimum absolute atomic E-state index is 0.158. The van der Waals surface area contributed by atoms with Gasteiger partial charge in [0.2, 0.25) is 0 Å². The van der Waals surface area contributed by atoms with Crippen LogP contribution in [0.4, 0.5) is 0 Å². The van der Waals surface area contributed by atoms with Crippen LogP contribution in [0.15, 0.2) is 48.2 Å². The molecule has 1 unspecified atom stereocenters. The highest BCUT2D eigenvalue weighted by Gasteiger charge is 2.30. The normalized spacial score (nSPS) is 17.4. The predicted octanol–water partition coefficient (Wildman–Crippen LogP) is 2.22. The summed E-state index contributed by atoms with van der Waals surface area (Å²) in [5.74, 6) is 0.299. The van der Waals surface area contributed by atoms with E-state index in [1.807, 2.05) is 24.3 Å². The summed E-state index contributed by atoms with van der Waals surface area (Å²) in [5, 5.41) is 6.52. The zero-order chi connectivity index (χ0) is 16.1. The van der Waals surface area contributed by atoms with Crippen molar-refractivity contribution in [1.82, 2.24) is 10.6 Å². The van der Waals surface area contributed by atoms with Gasteiger partial charge in [0, 0.05) is 5.70 Å². The molecule has 0 fully saturated rings. The summed E-state index contributed by atoms with van der Waals surface area (Å²) in [6.07, 6.45) is 1.53. The molecule has 1 atom stereocenters. The van der Waals surface area contributed by atoms with Gasteiger partial charge in [-0.2, -0.15) is 0 Å². The second-order valence-electron chi connectivity index (χ2n) is 4.73. The molecular formula is C16H18N2O3S. The Bertz CT molecular complexity index is 640. The maximum atomic E-state index is 12.3. The van der Waals surface area contributed by atoms with Gasteiger partial charge in [0.1, 0.15) is 12.4 Å². The largest absolute Gasteiger partial charge is 0.497 e. The van der Waals surface area contributed by atoms with Gasteiger partial charge in [0.15, 0.2) is 5.11 Å². The van der Waals surface area contributed by atoms with Crippen LogP contribution in [0.3, 0.4) is 0 Å². The fourth-order valence-electron chi connectivity index (χ4n) is 2.25. The van der Waals surface area contributed by atoms with Gasteiger partial charge in [0.25, 0.3) is 0 Å². The highest BCUT2D eigenvalue weighted by Crippen LogP contribution is 2.29. The summed E-state index contributed by atoms with van der Waals surface area (Å²) in [5.41, 5.74) is 2.03. The Balaban J connectivity index is 2.40. The number of allylic oxidation sites excluding steroid dienone is 1. The molecule has 22 heavy (non-hydrogen) atoms. The summed E-state index contributed by atoms with van der Waals surface area (Å²) >= 11 is 5.19. The lowest BCUT2D eigenvalue weighted by Crippen LogP contribution is -2.45. The van der Waals surface area contributed by atoms with Crippen LogP contribution in [-0.4, -0.2) is 24.8 Å². The molecule has 1 aromatic rings. The lowest BCUT2D eigenvalue weighted by atomic mass is 9.95. The summed E-state index contributed by atoms with van der Waals surface area (Å²) in [6.45, 7) is 5.50. The van der Waals surface area contributed by atoms with E-state index >= 15 is 0 Å². The molecule has 0 amide bonds. The number of hydrogen-bond acceptors (Lipinski definition) is 4. The number of carbonyl (C=O) groups is 1. The van der Waals surface area contributed by atoms with Gasteiger partial charge in [0.05, 0.1) is 18.7 Å². The van der Waals surface area contributed by atoms with Crippen molar-refractivity contribution in [3.8, 4) is 5.75 Å². The van der Waals surface area contributed by atoms with Gasteiger partial charge < -0.3 is 20.1 Å². The Hall–Kier alpha value is -2.34. The summed E-state index contributed by atoms with van der Waals surface area (Å²) in [4.78, 5) is 12.3. The Kier molecular flexibility index (Phi) is 5.16. The van der Waals surface area contributed by atoms with Crippen molar-refractivity contribution >= 4 is 23.3 Å². The van der Waals surface area contributed by atoms with Crippen LogP contribution >= 0.6 is 12.2 Å². The summed E-state index contributed by atoms with van der Waals surface area (Å²) in [6, 6.07) is 7.08. The standard InChI is InChI=1S/C16H18N2O3S/c1-4-8-21-15(19)13-10(2)17-16(22)18-14(13)11-6-5-7-12(9-11)20-3/h4-7,9,14H,1,8H2,2-3H3,(H2,17,18,22). The average Bonchev–Trinajstić information content (AvgIpc) is 2.51. The van der Waals surface area contributed by atoms with Gasteiger partial charge in [-0.15, -0.1) is 0 Å². The molecule has 2 rings (SSSR count).